The molecule has 6 heteroatoms. The molecule has 108 valence electrons. The van der Waals surface area contributed by atoms with E-state index in [1.165, 1.54) is 0 Å². The van der Waals surface area contributed by atoms with E-state index in [1.54, 1.807) is 6.07 Å². The lowest BCUT2D eigenvalue weighted by Gasteiger charge is -2.26. The third-order valence-corrected chi connectivity index (χ3v) is 3.98. The number of aliphatic hydroxyl groups is 1. The first-order chi connectivity index (χ1) is 9.13. The second-order valence-electron chi connectivity index (χ2n) is 4.84. The standard InChI is InChI=1S/C13H19F2NO2S/c14-13(15)19-8-12-5-4-11(18-12)7-16-9-2-1-3-10(17)6-9/h4-5,9-10,13,16-17H,1-3,6-8H2. The van der Waals surface area contributed by atoms with Crippen LogP contribution in [0.5, 0.6) is 0 Å². The van der Waals surface area contributed by atoms with Gasteiger partial charge in [-0.2, -0.15) is 8.78 Å². The van der Waals surface area contributed by atoms with Gasteiger partial charge in [0.1, 0.15) is 11.5 Å². The van der Waals surface area contributed by atoms with Crippen molar-refractivity contribution >= 4 is 11.8 Å². The van der Waals surface area contributed by atoms with E-state index in [0.717, 1.165) is 31.4 Å². The van der Waals surface area contributed by atoms with Crippen molar-refractivity contribution in [3.63, 3.8) is 0 Å². The van der Waals surface area contributed by atoms with Crippen molar-refractivity contribution in [2.45, 2.75) is 55.9 Å². The SMILES string of the molecule is OC1CCCC(NCc2ccc(CSC(F)F)o2)C1. The molecule has 0 aliphatic heterocycles. The summed E-state index contributed by atoms with van der Waals surface area (Å²) in [6.07, 6.45) is 3.54. The van der Waals surface area contributed by atoms with Crippen LogP contribution in [0.3, 0.4) is 0 Å². The maximum absolute atomic E-state index is 12.0. The molecule has 2 unspecified atom stereocenters. The van der Waals surface area contributed by atoms with Crippen molar-refractivity contribution < 1.29 is 18.3 Å². The minimum Gasteiger partial charge on any atom is -0.464 e. The first-order valence-electron chi connectivity index (χ1n) is 6.52. The zero-order valence-corrected chi connectivity index (χ0v) is 11.5. The van der Waals surface area contributed by atoms with Crippen molar-refractivity contribution in [1.29, 1.82) is 0 Å². The fourth-order valence-corrected chi connectivity index (χ4v) is 2.78. The van der Waals surface area contributed by atoms with E-state index in [0.29, 0.717) is 30.1 Å². The summed E-state index contributed by atoms with van der Waals surface area (Å²) in [6.45, 7) is 0.580. The summed E-state index contributed by atoms with van der Waals surface area (Å²) >= 11 is 0.564. The highest BCUT2D eigenvalue weighted by Crippen LogP contribution is 2.22. The zero-order valence-electron chi connectivity index (χ0n) is 10.6. The Morgan fingerprint density at radius 2 is 2.16 bits per heavy atom. The van der Waals surface area contributed by atoms with Crippen LogP contribution in [0.25, 0.3) is 0 Å². The van der Waals surface area contributed by atoms with Gasteiger partial charge >= 0.3 is 0 Å². The second-order valence-corrected chi connectivity index (χ2v) is 5.82. The van der Waals surface area contributed by atoms with Gasteiger partial charge in [0.2, 0.25) is 0 Å². The Balaban J connectivity index is 1.73. The van der Waals surface area contributed by atoms with Crippen molar-refractivity contribution in [3.8, 4) is 0 Å². The summed E-state index contributed by atoms with van der Waals surface area (Å²) < 4.78 is 29.6. The van der Waals surface area contributed by atoms with Gasteiger partial charge in [-0.25, -0.2) is 0 Å². The molecule has 0 saturated heterocycles. The van der Waals surface area contributed by atoms with Crippen LogP contribution in [0.4, 0.5) is 8.78 Å². The molecule has 1 aliphatic rings. The third kappa shape index (κ3) is 5.12. The van der Waals surface area contributed by atoms with E-state index in [1.807, 2.05) is 6.07 Å². The fraction of sp³-hybridized carbons (Fsp3) is 0.692. The number of rotatable bonds is 6. The van der Waals surface area contributed by atoms with Crippen molar-refractivity contribution in [1.82, 2.24) is 5.32 Å². The average Bonchev–Trinajstić information content (AvgIpc) is 2.82. The van der Waals surface area contributed by atoms with Crippen LogP contribution in [0.15, 0.2) is 16.5 Å². The van der Waals surface area contributed by atoms with E-state index in [4.69, 9.17) is 4.42 Å². The lowest BCUT2D eigenvalue weighted by Crippen LogP contribution is -2.35. The van der Waals surface area contributed by atoms with Gasteiger partial charge in [0.15, 0.2) is 0 Å². The molecule has 19 heavy (non-hydrogen) atoms. The molecule has 0 amide bonds. The predicted molar refractivity (Wildman–Crippen MR) is 71.1 cm³/mol. The Hall–Kier alpha value is -0.590. The van der Waals surface area contributed by atoms with Gasteiger partial charge in [-0.3, -0.25) is 0 Å². The molecule has 2 rings (SSSR count). The minimum atomic E-state index is -2.37. The van der Waals surface area contributed by atoms with Crippen molar-refractivity contribution in [2.24, 2.45) is 0 Å². The summed E-state index contributed by atoms with van der Waals surface area (Å²) in [4.78, 5) is 0. The van der Waals surface area contributed by atoms with Gasteiger partial charge in [-0.1, -0.05) is 11.8 Å². The number of aliphatic hydroxyl groups excluding tert-OH is 1. The van der Waals surface area contributed by atoms with Crippen LogP contribution in [0.1, 0.15) is 37.2 Å². The maximum Gasteiger partial charge on any atom is 0.284 e. The highest BCUT2D eigenvalue weighted by atomic mass is 32.2. The summed E-state index contributed by atoms with van der Waals surface area (Å²) in [5.74, 6) is -0.842. The second kappa shape index (κ2) is 7.26. The monoisotopic (exact) mass is 291 g/mol. The minimum absolute atomic E-state index is 0.194. The van der Waals surface area contributed by atoms with Crippen molar-refractivity contribution in [2.75, 3.05) is 0 Å². The number of furan rings is 1. The molecule has 1 aromatic heterocycles. The number of hydrogen-bond acceptors (Lipinski definition) is 4. The van der Waals surface area contributed by atoms with Crippen LogP contribution >= 0.6 is 11.8 Å². The molecule has 1 aromatic rings. The van der Waals surface area contributed by atoms with Gasteiger partial charge in [-0.05, 0) is 37.8 Å². The Kier molecular flexibility index (Phi) is 5.66. The Morgan fingerprint density at radius 1 is 1.37 bits per heavy atom. The third-order valence-electron chi connectivity index (χ3n) is 3.28. The number of nitrogens with one attached hydrogen (secondary N) is 1. The van der Waals surface area contributed by atoms with Crippen LogP contribution in [-0.2, 0) is 12.3 Å². The van der Waals surface area contributed by atoms with Gasteiger partial charge in [-0.15, -0.1) is 0 Å². The molecule has 2 N–H and O–H groups in total. The molecular formula is C13H19F2NO2S. The van der Waals surface area contributed by atoms with Crippen LogP contribution < -0.4 is 5.32 Å². The Morgan fingerprint density at radius 3 is 2.89 bits per heavy atom. The van der Waals surface area contributed by atoms with Crippen molar-refractivity contribution in [3.05, 3.63) is 23.7 Å². The van der Waals surface area contributed by atoms with E-state index >= 15 is 0 Å². The van der Waals surface area contributed by atoms with Crippen LogP contribution in [-0.4, -0.2) is 23.0 Å². The molecule has 1 heterocycles. The largest absolute Gasteiger partial charge is 0.464 e. The number of thioether (sulfide) groups is 1. The molecule has 2 atom stereocenters. The first kappa shape index (κ1) is 14.8. The van der Waals surface area contributed by atoms with Gasteiger partial charge in [0.25, 0.3) is 5.76 Å². The predicted octanol–water partition coefficient (Wildman–Crippen LogP) is 3.13. The lowest BCUT2D eigenvalue weighted by molar-refractivity contribution is 0.111. The fourth-order valence-electron chi connectivity index (χ4n) is 2.33. The molecule has 1 aliphatic carbocycles. The summed E-state index contributed by atoms with van der Waals surface area (Å²) in [7, 11) is 0. The maximum atomic E-state index is 12.0. The molecule has 1 fully saturated rings. The highest BCUT2D eigenvalue weighted by molar-refractivity contribution is 7.98. The topological polar surface area (TPSA) is 45.4 Å². The molecule has 3 nitrogen and oxygen atoms in total. The van der Waals surface area contributed by atoms with E-state index < -0.39 is 5.76 Å². The molecular weight excluding hydrogens is 272 g/mol. The van der Waals surface area contributed by atoms with Gasteiger partial charge in [0, 0.05) is 6.04 Å². The average molecular weight is 291 g/mol. The normalized spacial score (nSPS) is 24.0. The zero-order chi connectivity index (χ0) is 13.7. The molecule has 0 aromatic carbocycles. The summed E-state index contributed by atoms with van der Waals surface area (Å²) in [6, 6.07) is 3.86. The number of alkyl halides is 2. The van der Waals surface area contributed by atoms with E-state index in [2.05, 4.69) is 5.32 Å². The summed E-state index contributed by atoms with van der Waals surface area (Å²) in [5.41, 5.74) is 0. The summed E-state index contributed by atoms with van der Waals surface area (Å²) in [5, 5.41) is 12.9. The smallest absolute Gasteiger partial charge is 0.284 e. The number of halogens is 2. The Labute approximate surface area is 115 Å². The molecule has 0 radical (unpaired) electrons. The first-order valence-corrected chi connectivity index (χ1v) is 7.57. The van der Waals surface area contributed by atoms with Crippen LogP contribution in [0, 0.1) is 0 Å². The van der Waals surface area contributed by atoms with Crippen LogP contribution in [0.2, 0.25) is 0 Å². The van der Waals surface area contributed by atoms with E-state index in [9.17, 15) is 13.9 Å². The molecule has 0 spiro atoms. The Bertz CT molecular complexity index is 386. The quantitative estimate of drug-likeness (QED) is 0.845. The van der Waals surface area contributed by atoms with Gasteiger partial charge in [0.05, 0.1) is 18.4 Å². The molecule has 0 bridgehead atoms. The lowest BCUT2D eigenvalue weighted by atomic mass is 9.93. The highest BCUT2D eigenvalue weighted by Gasteiger charge is 2.19. The molecule has 1 saturated carbocycles. The number of hydrogen-bond donors (Lipinski definition) is 2. The van der Waals surface area contributed by atoms with Gasteiger partial charge < -0.3 is 14.8 Å². The van der Waals surface area contributed by atoms with E-state index in [-0.39, 0.29) is 11.9 Å².